The number of carbonyl (C=O) groups excluding carboxylic acids is 1. The maximum Gasteiger partial charge on any atom is 0.219 e. The first kappa shape index (κ1) is 13.7. The summed E-state index contributed by atoms with van der Waals surface area (Å²) in [6.45, 7) is 1.44. The van der Waals surface area contributed by atoms with E-state index in [2.05, 4.69) is 4.98 Å². The van der Waals surface area contributed by atoms with Gasteiger partial charge in [0.2, 0.25) is 5.88 Å². The molecule has 0 amide bonds. The zero-order valence-electron chi connectivity index (χ0n) is 11.2. The van der Waals surface area contributed by atoms with Crippen LogP contribution >= 0.6 is 0 Å². The molecule has 0 aliphatic heterocycles. The van der Waals surface area contributed by atoms with Gasteiger partial charge >= 0.3 is 0 Å². The molecule has 0 bridgehead atoms. The summed E-state index contributed by atoms with van der Waals surface area (Å²) < 4.78 is 5.68. The molecular formula is C17H15NO2. The van der Waals surface area contributed by atoms with E-state index in [1.165, 1.54) is 6.92 Å². The molecule has 0 saturated carbocycles. The molecule has 1 aromatic heterocycles. The molecule has 0 aliphatic carbocycles. The fourth-order valence-electron chi connectivity index (χ4n) is 1.71. The third-order valence-electron chi connectivity index (χ3n) is 2.54. The second-order valence-electron chi connectivity index (χ2n) is 3.99. The zero-order valence-corrected chi connectivity index (χ0v) is 11.2. The Bertz CT molecular complexity index is 681. The molecular weight excluding hydrogens is 250 g/mol. The number of nitrogens with zero attached hydrogens (tertiary/aromatic N) is 1. The molecule has 1 heterocycles. The molecule has 0 aliphatic rings. The highest BCUT2D eigenvalue weighted by molar-refractivity contribution is 5.78. The average Bonchev–Trinajstić information content (AvgIpc) is 2.49. The van der Waals surface area contributed by atoms with E-state index in [0.717, 1.165) is 22.9 Å². The van der Waals surface area contributed by atoms with Crippen LogP contribution in [0, 0.1) is 0 Å². The molecule has 0 atom stereocenters. The lowest BCUT2D eigenvalue weighted by atomic mass is 10.2. The molecule has 0 N–H and O–H groups in total. The van der Waals surface area contributed by atoms with Gasteiger partial charge in [-0.25, -0.2) is 4.98 Å². The monoisotopic (exact) mass is 265 g/mol. The zero-order chi connectivity index (χ0) is 14.2. The molecule has 0 saturated heterocycles. The Kier molecular flexibility index (Phi) is 4.84. The van der Waals surface area contributed by atoms with E-state index < -0.39 is 0 Å². The molecule has 0 fully saturated rings. The summed E-state index contributed by atoms with van der Waals surface area (Å²) in [6.07, 6.45) is 0.750. The largest absolute Gasteiger partial charge is 0.439 e. The molecule has 0 spiro atoms. The molecule has 0 unspecified atom stereocenters. The van der Waals surface area contributed by atoms with Gasteiger partial charge in [0.15, 0.2) is 0 Å². The molecule has 0 radical (unpaired) electrons. The van der Waals surface area contributed by atoms with Gasteiger partial charge in [-0.15, -0.1) is 0 Å². The number of aromatic nitrogens is 1. The molecule has 2 aromatic carbocycles. The fraction of sp³-hybridized carbons (Fsp3) is 0.0588. The minimum atomic E-state index is 0.620. The van der Waals surface area contributed by atoms with Crippen LogP contribution in [0.3, 0.4) is 0 Å². The Morgan fingerprint density at radius 2 is 1.55 bits per heavy atom. The Balaban J connectivity index is 0.000000452. The van der Waals surface area contributed by atoms with E-state index in [1.54, 1.807) is 0 Å². The highest BCUT2D eigenvalue weighted by atomic mass is 16.5. The van der Waals surface area contributed by atoms with E-state index >= 15 is 0 Å². The lowest BCUT2D eigenvalue weighted by Gasteiger charge is -2.05. The number of benzene rings is 2. The summed E-state index contributed by atoms with van der Waals surface area (Å²) in [5.41, 5.74) is 0.945. The minimum Gasteiger partial charge on any atom is -0.439 e. The smallest absolute Gasteiger partial charge is 0.219 e. The van der Waals surface area contributed by atoms with Gasteiger partial charge in [-0.1, -0.05) is 36.4 Å². The molecule has 3 heteroatoms. The quantitative estimate of drug-likeness (QED) is 0.651. The molecule has 3 aromatic rings. The van der Waals surface area contributed by atoms with E-state index in [4.69, 9.17) is 9.53 Å². The van der Waals surface area contributed by atoms with Crippen LogP contribution in [0.15, 0.2) is 66.7 Å². The van der Waals surface area contributed by atoms with Gasteiger partial charge in [0.25, 0.3) is 0 Å². The van der Waals surface area contributed by atoms with Gasteiger partial charge in [0.1, 0.15) is 12.0 Å². The first-order valence-electron chi connectivity index (χ1n) is 6.32. The highest BCUT2D eigenvalue weighted by Gasteiger charge is 1.99. The van der Waals surface area contributed by atoms with Crippen molar-refractivity contribution < 1.29 is 9.53 Å². The third-order valence-corrected chi connectivity index (χ3v) is 2.54. The van der Waals surface area contributed by atoms with Gasteiger partial charge in [-0.05, 0) is 31.2 Å². The highest BCUT2D eigenvalue weighted by Crippen LogP contribution is 2.21. The number of fused-ring (bicyclic) bond motifs is 1. The lowest BCUT2D eigenvalue weighted by molar-refractivity contribution is -0.106. The molecule has 20 heavy (non-hydrogen) atoms. The Labute approximate surface area is 117 Å². The van der Waals surface area contributed by atoms with Crippen molar-refractivity contribution in [2.45, 2.75) is 6.92 Å². The van der Waals surface area contributed by atoms with Crippen molar-refractivity contribution >= 4 is 17.2 Å². The van der Waals surface area contributed by atoms with Crippen LogP contribution in [0.5, 0.6) is 11.6 Å². The van der Waals surface area contributed by atoms with Crippen molar-refractivity contribution in [3.63, 3.8) is 0 Å². The van der Waals surface area contributed by atoms with Crippen molar-refractivity contribution in [3.05, 3.63) is 66.7 Å². The summed E-state index contributed by atoms with van der Waals surface area (Å²) in [7, 11) is 0. The van der Waals surface area contributed by atoms with Gasteiger partial charge in [0.05, 0.1) is 5.52 Å². The van der Waals surface area contributed by atoms with Crippen molar-refractivity contribution in [2.24, 2.45) is 0 Å². The predicted octanol–water partition coefficient (Wildman–Crippen LogP) is 4.23. The normalized spacial score (nSPS) is 9.45. The second kappa shape index (κ2) is 7.04. The third kappa shape index (κ3) is 3.65. The standard InChI is InChI=1S/C15H11NO.C2H4O/c1-2-7-13(8-3-1)17-15-11-10-12-6-4-5-9-14(12)16-15;1-2-3/h1-11H;2H,1H3. The topological polar surface area (TPSA) is 39.2 Å². The number of hydrogen-bond donors (Lipinski definition) is 0. The number of aldehydes is 1. The number of pyridine rings is 1. The van der Waals surface area contributed by atoms with E-state index in [9.17, 15) is 0 Å². The maximum atomic E-state index is 8.81. The SMILES string of the molecule is CC=O.c1ccc(Oc2ccc3ccccc3n2)cc1. The average molecular weight is 265 g/mol. The van der Waals surface area contributed by atoms with Gasteiger partial charge in [0, 0.05) is 11.5 Å². The van der Waals surface area contributed by atoms with Crippen molar-refractivity contribution in [1.82, 2.24) is 4.98 Å². The van der Waals surface area contributed by atoms with E-state index in [0.29, 0.717) is 5.88 Å². The Morgan fingerprint density at radius 3 is 2.30 bits per heavy atom. The number of carbonyl (C=O) groups is 1. The Morgan fingerprint density at radius 1 is 0.900 bits per heavy atom. The van der Waals surface area contributed by atoms with Crippen LogP contribution in [0.2, 0.25) is 0 Å². The predicted molar refractivity (Wildman–Crippen MR) is 80.0 cm³/mol. The van der Waals surface area contributed by atoms with E-state index in [1.807, 2.05) is 66.7 Å². The summed E-state index contributed by atoms with van der Waals surface area (Å²) in [5, 5.41) is 1.12. The summed E-state index contributed by atoms with van der Waals surface area (Å²) >= 11 is 0. The number of para-hydroxylation sites is 2. The van der Waals surface area contributed by atoms with Gasteiger partial charge in [-0.2, -0.15) is 0 Å². The number of hydrogen-bond acceptors (Lipinski definition) is 3. The number of ether oxygens (including phenoxy) is 1. The number of rotatable bonds is 2. The van der Waals surface area contributed by atoms with Crippen LogP contribution < -0.4 is 4.74 Å². The summed E-state index contributed by atoms with van der Waals surface area (Å²) in [4.78, 5) is 13.3. The van der Waals surface area contributed by atoms with Crippen molar-refractivity contribution in [2.75, 3.05) is 0 Å². The molecule has 3 nitrogen and oxygen atoms in total. The summed E-state index contributed by atoms with van der Waals surface area (Å²) in [5.74, 6) is 1.42. The van der Waals surface area contributed by atoms with Crippen LogP contribution in [-0.2, 0) is 4.79 Å². The van der Waals surface area contributed by atoms with Gasteiger partial charge < -0.3 is 9.53 Å². The first-order chi connectivity index (χ1) is 9.83. The van der Waals surface area contributed by atoms with Crippen LogP contribution in [0.1, 0.15) is 6.92 Å². The first-order valence-corrected chi connectivity index (χ1v) is 6.32. The second-order valence-corrected chi connectivity index (χ2v) is 3.99. The lowest BCUT2D eigenvalue weighted by Crippen LogP contribution is -1.87. The maximum absolute atomic E-state index is 8.81. The van der Waals surface area contributed by atoms with Crippen LogP contribution in [-0.4, -0.2) is 11.3 Å². The minimum absolute atomic E-state index is 0.620. The Hall–Kier alpha value is -2.68. The molecule has 3 rings (SSSR count). The van der Waals surface area contributed by atoms with Crippen molar-refractivity contribution in [1.29, 1.82) is 0 Å². The van der Waals surface area contributed by atoms with Crippen LogP contribution in [0.4, 0.5) is 0 Å². The van der Waals surface area contributed by atoms with Gasteiger partial charge in [-0.3, -0.25) is 0 Å². The summed E-state index contributed by atoms with van der Waals surface area (Å²) in [6, 6.07) is 21.6. The fourth-order valence-corrected chi connectivity index (χ4v) is 1.71. The van der Waals surface area contributed by atoms with Crippen LogP contribution in [0.25, 0.3) is 10.9 Å². The van der Waals surface area contributed by atoms with Crippen molar-refractivity contribution in [3.8, 4) is 11.6 Å². The molecule has 100 valence electrons. The van der Waals surface area contributed by atoms with E-state index in [-0.39, 0.29) is 0 Å².